The lowest BCUT2D eigenvalue weighted by molar-refractivity contribution is -0.138. The van der Waals surface area contributed by atoms with Crippen molar-refractivity contribution in [1.29, 1.82) is 0 Å². The van der Waals surface area contributed by atoms with Gasteiger partial charge in [0.2, 0.25) is 0 Å². The maximum Gasteiger partial charge on any atom is 0.307 e. The first kappa shape index (κ1) is 45.2. The molecule has 1 heterocycles. The maximum absolute atomic E-state index is 12.1. The van der Waals surface area contributed by atoms with Crippen molar-refractivity contribution in [3.05, 3.63) is 115 Å². The van der Waals surface area contributed by atoms with Crippen LogP contribution in [-0.4, -0.2) is 65.6 Å². The first-order valence-corrected chi connectivity index (χ1v) is 22.3. The van der Waals surface area contributed by atoms with Gasteiger partial charge in [-0.05, 0) is 64.7 Å². The molecule has 3 aromatic carbocycles. The summed E-state index contributed by atoms with van der Waals surface area (Å²) in [5, 5.41) is 2.26. The molecule has 0 unspecified atom stereocenters. The van der Waals surface area contributed by atoms with Gasteiger partial charge < -0.3 is 28.1 Å². The third-order valence-electron chi connectivity index (χ3n) is 11.6. The van der Waals surface area contributed by atoms with E-state index in [4.69, 9.17) is 28.1 Å². The van der Waals surface area contributed by atoms with E-state index in [-0.39, 0.29) is 35.6 Å². The molecule has 1 fully saturated rings. The van der Waals surface area contributed by atoms with Crippen LogP contribution in [0.5, 0.6) is 5.75 Å². The van der Waals surface area contributed by atoms with Crippen LogP contribution in [-0.2, 0) is 33.6 Å². The van der Waals surface area contributed by atoms with Gasteiger partial charge in [0.1, 0.15) is 11.5 Å². The molecule has 1 aliphatic heterocycles. The molecule has 0 spiro atoms. The van der Waals surface area contributed by atoms with Crippen LogP contribution >= 0.6 is 0 Å². The molecule has 3 aromatic rings. The van der Waals surface area contributed by atoms with Gasteiger partial charge in [0.15, 0.2) is 0 Å². The largest absolute Gasteiger partial charge is 0.497 e. The highest BCUT2D eigenvalue weighted by Gasteiger charge is 2.50. The molecule has 4 rings (SSSR count). The van der Waals surface area contributed by atoms with Gasteiger partial charge in [0.25, 0.3) is 8.32 Å². The molecule has 0 bridgehead atoms. The Balaban J connectivity index is 1.69. The Kier molecular flexibility index (Phi) is 16.7. The SMILES string of the molecule is C=CC[C@@H]1CC[C@H](C)[C@@H](C[C@H](C[C@@H](O[C@@H](CCO[Si](c2ccccc2)(c2ccccc2)C(C)(C)C)CC(=C)OC(C)=O)C(C)(C)c2ccc(OC)cc2)OC)O1. The molecule has 1 saturated heterocycles. The Hall–Kier alpha value is -3.53. The Bertz CT molecular complexity index is 1610. The highest BCUT2D eigenvalue weighted by atomic mass is 28.4. The van der Waals surface area contributed by atoms with Gasteiger partial charge in [-0.25, -0.2) is 0 Å². The van der Waals surface area contributed by atoms with Crippen LogP contribution in [0.1, 0.15) is 99.0 Å². The molecule has 306 valence electrons. The second kappa shape index (κ2) is 20.8. The van der Waals surface area contributed by atoms with E-state index in [1.807, 2.05) is 18.2 Å². The van der Waals surface area contributed by atoms with Crippen molar-refractivity contribution in [2.24, 2.45) is 5.92 Å². The standard InChI is InChI=1S/C48H68O7Si/c1-12-19-40-27-24-35(2)45(54-40)33-42(51-11)34-46(48(8,9)38-25-28-39(50-10)29-26-38)55-41(32-36(3)53-37(4)49)30-31-52-56(47(5,6)7,43-20-15-13-16-21-43)44-22-17-14-18-23-44/h12-18,20-23,25-26,28-29,35,40-42,45-46H,1,3,19,24,27,30-34H2,2,4-11H3/t35-,40+,41-,42+,45+,46+/m0/s1. The van der Waals surface area contributed by atoms with Gasteiger partial charge >= 0.3 is 5.97 Å². The van der Waals surface area contributed by atoms with Crippen molar-refractivity contribution in [2.45, 2.75) is 134 Å². The Morgan fingerprint density at radius 1 is 0.911 bits per heavy atom. The summed E-state index contributed by atoms with van der Waals surface area (Å²) in [6, 6.07) is 29.5. The van der Waals surface area contributed by atoms with Crippen molar-refractivity contribution < 1.29 is 32.9 Å². The monoisotopic (exact) mass is 784 g/mol. The molecule has 0 saturated carbocycles. The van der Waals surface area contributed by atoms with Crippen LogP contribution in [0.15, 0.2) is 110 Å². The second-order valence-electron chi connectivity index (χ2n) is 17.0. The minimum Gasteiger partial charge on any atom is -0.497 e. The van der Waals surface area contributed by atoms with E-state index in [1.54, 1.807) is 14.2 Å². The number of ether oxygens (including phenoxy) is 5. The number of benzene rings is 3. The van der Waals surface area contributed by atoms with Gasteiger partial charge in [-0.2, -0.15) is 0 Å². The van der Waals surface area contributed by atoms with E-state index in [1.165, 1.54) is 17.3 Å². The van der Waals surface area contributed by atoms with Gasteiger partial charge in [0.05, 0.1) is 37.6 Å². The molecule has 0 N–H and O–H groups in total. The fraction of sp³-hybridized carbons (Fsp3) is 0.521. The molecule has 0 aliphatic carbocycles. The Labute approximate surface area is 338 Å². The normalized spacial score (nSPS) is 19.4. The number of methoxy groups -OCH3 is 2. The summed E-state index contributed by atoms with van der Waals surface area (Å²) < 4.78 is 38.6. The van der Waals surface area contributed by atoms with Gasteiger partial charge in [-0.3, -0.25) is 4.79 Å². The van der Waals surface area contributed by atoms with E-state index in [0.717, 1.165) is 37.0 Å². The summed E-state index contributed by atoms with van der Waals surface area (Å²) in [5.74, 6) is 1.18. The molecule has 8 heteroatoms. The average molecular weight is 785 g/mol. The Morgan fingerprint density at radius 2 is 1.52 bits per heavy atom. The number of carbonyl (C=O) groups excluding carboxylic acids is 1. The summed E-state index contributed by atoms with van der Waals surface area (Å²) >= 11 is 0. The molecular weight excluding hydrogens is 717 g/mol. The predicted molar refractivity (Wildman–Crippen MR) is 230 cm³/mol. The third kappa shape index (κ3) is 11.8. The smallest absolute Gasteiger partial charge is 0.307 e. The second-order valence-corrected chi connectivity index (χ2v) is 21.3. The lowest BCUT2D eigenvalue weighted by Gasteiger charge is -2.43. The summed E-state index contributed by atoms with van der Waals surface area (Å²) in [5.41, 5.74) is 0.667. The fourth-order valence-corrected chi connectivity index (χ4v) is 12.9. The van der Waals surface area contributed by atoms with Gasteiger partial charge in [-0.1, -0.05) is 127 Å². The lowest BCUT2D eigenvalue weighted by Crippen LogP contribution is -2.66. The van der Waals surface area contributed by atoms with Crippen molar-refractivity contribution in [1.82, 2.24) is 0 Å². The van der Waals surface area contributed by atoms with Crippen molar-refractivity contribution in [3.63, 3.8) is 0 Å². The van der Waals surface area contributed by atoms with Gasteiger partial charge in [-0.15, -0.1) is 6.58 Å². The predicted octanol–water partition coefficient (Wildman–Crippen LogP) is 9.72. The maximum atomic E-state index is 12.1. The molecule has 7 nitrogen and oxygen atoms in total. The zero-order valence-corrected chi connectivity index (χ0v) is 36.6. The lowest BCUT2D eigenvalue weighted by atomic mass is 9.76. The molecular formula is C48H68O7Si. The molecule has 1 aliphatic rings. The topological polar surface area (TPSA) is 72.5 Å². The van der Waals surface area contributed by atoms with E-state index in [2.05, 4.69) is 127 Å². The highest BCUT2D eigenvalue weighted by Crippen LogP contribution is 2.39. The quantitative estimate of drug-likeness (QED) is 0.0461. The van der Waals surface area contributed by atoms with Gasteiger partial charge in [0, 0.05) is 45.3 Å². The number of esters is 1. The van der Waals surface area contributed by atoms with Crippen molar-refractivity contribution >= 4 is 24.7 Å². The zero-order valence-electron chi connectivity index (χ0n) is 35.6. The first-order chi connectivity index (χ1) is 26.6. The first-order valence-electron chi connectivity index (χ1n) is 20.3. The van der Waals surface area contributed by atoms with Crippen LogP contribution in [0, 0.1) is 5.92 Å². The van der Waals surface area contributed by atoms with E-state index in [0.29, 0.717) is 37.5 Å². The van der Waals surface area contributed by atoms with E-state index in [9.17, 15) is 4.79 Å². The summed E-state index contributed by atoms with van der Waals surface area (Å²) in [6.07, 6.45) is 6.69. The van der Waals surface area contributed by atoms with E-state index >= 15 is 0 Å². The molecule has 56 heavy (non-hydrogen) atoms. The molecule has 6 atom stereocenters. The number of carbonyl (C=O) groups is 1. The highest BCUT2D eigenvalue weighted by molar-refractivity contribution is 6.99. The number of hydrogen-bond acceptors (Lipinski definition) is 7. The van der Waals surface area contributed by atoms with Crippen LogP contribution in [0.4, 0.5) is 0 Å². The van der Waals surface area contributed by atoms with Crippen LogP contribution in [0.25, 0.3) is 0 Å². The zero-order chi connectivity index (χ0) is 40.9. The van der Waals surface area contributed by atoms with Crippen LogP contribution in [0.2, 0.25) is 5.04 Å². The van der Waals surface area contributed by atoms with Crippen LogP contribution < -0.4 is 15.1 Å². The minimum absolute atomic E-state index is 0.0720. The minimum atomic E-state index is -2.81. The Morgan fingerprint density at radius 3 is 2.04 bits per heavy atom. The summed E-state index contributed by atoms with van der Waals surface area (Å²) in [4.78, 5) is 12.1. The average Bonchev–Trinajstić information content (AvgIpc) is 3.17. The summed E-state index contributed by atoms with van der Waals surface area (Å²) in [6.45, 7) is 23.5. The molecule has 0 amide bonds. The van der Waals surface area contributed by atoms with E-state index < -0.39 is 19.7 Å². The number of rotatable bonds is 21. The van der Waals surface area contributed by atoms with Crippen molar-refractivity contribution in [3.8, 4) is 5.75 Å². The fourth-order valence-electron chi connectivity index (χ4n) is 8.30. The summed E-state index contributed by atoms with van der Waals surface area (Å²) in [7, 11) is 0.654. The molecule has 0 aromatic heterocycles. The number of hydrogen-bond donors (Lipinski definition) is 0. The van der Waals surface area contributed by atoms with Crippen LogP contribution in [0.3, 0.4) is 0 Å². The molecule has 0 radical (unpaired) electrons. The van der Waals surface area contributed by atoms with Crippen molar-refractivity contribution in [2.75, 3.05) is 20.8 Å². The third-order valence-corrected chi connectivity index (χ3v) is 16.6.